The highest BCUT2D eigenvalue weighted by Crippen LogP contribution is 2.35. The first-order valence-corrected chi connectivity index (χ1v) is 7.08. The van der Waals surface area contributed by atoms with E-state index in [0.29, 0.717) is 0 Å². The second-order valence-corrected chi connectivity index (χ2v) is 5.89. The van der Waals surface area contributed by atoms with E-state index in [0.717, 1.165) is 32.4 Å². The van der Waals surface area contributed by atoms with Gasteiger partial charge in [0.2, 0.25) is 0 Å². The summed E-state index contributed by atoms with van der Waals surface area (Å²) in [5.74, 6) is -0.678. The lowest BCUT2D eigenvalue weighted by molar-refractivity contribution is -0.139. The summed E-state index contributed by atoms with van der Waals surface area (Å²) < 4.78 is 0. The molecule has 1 heterocycles. The van der Waals surface area contributed by atoms with Gasteiger partial charge in [-0.15, -0.1) is 0 Å². The van der Waals surface area contributed by atoms with Crippen LogP contribution in [-0.4, -0.2) is 24.2 Å². The van der Waals surface area contributed by atoms with Crippen LogP contribution in [0.1, 0.15) is 38.7 Å². The van der Waals surface area contributed by atoms with E-state index >= 15 is 0 Å². The van der Waals surface area contributed by atoms with Crippen LogP contribution in [0.25, 0.3) is 0 Å². The zero-order chi connectivity index (χ0) is 13.9. The largest absolute Gasteiger partial charge is 0.481 e. The number of aryl methyl sites for hydroxylation is 1. The fourth-order valence-electron chi connectivity index (χ4n) is 2.79. The van der Waals surface area contributed by atoms with Crippen LogP contribution < -0.4 is 4.90 Å². The molecule has 3 heteroatoms. The van der Waals surface area contributed by atoms with Gasteiger partial charge >= 0.3 is 5.97 Å². The highest BCUT2D eigenvalue weighted by Gasteiger charge is 2.32. The monoisotopic (exact) mass is 261 g/mol. The van der Waals surface area contributed by atoms with Gasteiger partial charge in [-0.05, 0) is 42.4 Å². The van der Waals surface area contributed by atoms with Crippen molar-refractivity contribution in [2.45, 2.75) is 39.5 Å². The third kappa shape index (κ3) is 3.49. The van der Waals surface area contributed by atoms with E-state index in [2.05, 4.69) is 43.0 Å². The summed E-state index contributed by atoms with van der Waals surface area (Å²) >= 11 is 0. The molecule has 0 unspecified atom stereocenters. The van der Waals surface area contributed by atoms with Gasteiger partial charge in [0.05, 0.1) is 6.42 Å². The van der Waals surface area contributed by atoms with Crippen LogP contribution in [0.5, 0.6) is 0 Å². The Labute approximate surface area is 115 Å². The van der Waals surface area contributed by atoms with Crippen molar-refractivity contribution in [3.63, 3.8) is 0 Å². The summed E-state index contributed by atoms with van der Waals surface area (Å²) in [7, 11) is 0. The number of carboxylic acid groups (broad SMARTS) is 1. The minimum atomic E-state index is -0.678. The zero-order valence-electron chi connectivity index (χ0n) is 11.9. The normalized spacial score (nSPS) is 18.3. The maximum Gasteiger partial charge on any atom is 0.303 e. The van der Waals surface area contributed by atoms with Crippen molar-refractivity contribution in [1.82, 2.24) is 0 Å². The van der Waals surface area contributed by atoms with E-state index in [1.54, 1.807) is 0 Å². The van der Waals surface area contributed by atoms with Crippen molar-refractivity contribution in [1.29, 1.82) is 0 Å². The van der Waals surface area contributed by atoms with Gasteiger partial charge in [-0.3, -0.25) is 4.79 Å². The van der Waals surface area contributed by atoms with E-state index in [1.165, 1.54) is 11.3 Å². The number of hydrogen-bond acceptors (Lipinski definition) is 2. The highest BCUT2D eigenvalue weighted by molar-refractivity contribution is 5.67. The lowest BCUT2D eigenvalue weighted by atomic mass is 9.77. The summed E-state index contributed by atoms with van der Waals surface area (Å²) in [6, 6.07) is 8.72. The van der Waals surface area contributed by atoms with Gasteiger partial charge in [0.1, 0.15) is 0 Å². The minimum absolute atomic E-state index is 0.0360. The van der Waals surface area contributed by atoms with E-state index in [4.69, 9.17) is 5.11 Å². The Kier molecular flexibility index (Phi) is 4.13. The molecule has 2 rings (SSSR count). The average molecular weight is 261 g/mol. The molecule has 1 aromatic rings. The Morgan fingerprint density at radius 2 is 1.84 bits per heavy atom. The Balaban J connectivity index is 1.97. The van der Waals surface area contributed by atoms with E-state index in [1.807, 2.05) is 0 Å². The molecule has 1 saturated heterocycles. The summed E-state index contributed by atoms with van der Waals surface area (Å²) in [5, 5.41) is 8.96. The Morgan fingerprint density at radius 3 is 2.32 bits per heavy atom. The van der Waals surface area contributed by atoms with E-state index in [-0.39, 0.29) is 11.8 Å². The third-order valence-corrected chi connectivity index (χ3v) is 4.26. The molecule has 0 aliphatic carbocycles. The van der Waals surface area contributed by atoms with E-state index < -0.39 is 5.97 Å². The molecule has 19 heavy (non-hydrogen) atoms. The fraction of sp³-hybridized carbons (Fsp3) is 0.562. The summed E-state index contributed by atoms with van der Waals surface area (Å²) in [4.78, 5) is 13.2. The molecule has 0 atom stereocenters. The van der Waals surface area contributed by atoms with Gasteiger partial charge in [0, 0.05) is 18.8 Å². The lowest BCUT2D eigenvalue weighted by Crippen LogP contribution is -2.39. The molecule has 1 aliphatic rings. The Morgan fingerprint density at radius 1 is 1.26 bits per heavy atom. The van der Waals surface area contributed by atoms with Crippen LogP contribution in [0.2, 0.25) is 0 Å². The van der Waals surface area contributed by atoms with E-state index in [9.17, 15) is 4.79 Å². The van der Waals surface area contributed by atoms with Crippen LogP contribution in [0.4, 0.5) is 5.69 Å². The SMILES string of the molecule is CCc1ccc(N2CCC(C)(CC(=O)O)CC2)cc1. The summed E-state index contributed by atoms with van der Waals surface area (Å²) in [6.45, 7) is 6.16. The number of anilines is 1. The molecule has 1 N–H and O–H groups in total. The molecule has 0 spiro atoms. The zero-order valence-corrected chi connectivity index (χ0v) is 11.9. The standard InChI is InChI=1S/C16H23NO2/c1-3-13-4-6-14(7-5-13)17-10-8-16(2,9-11-17)12-15(18)19/h4-7H,3,8-12H2,1-2H3,(H,18,19). The molecule has 104 valence electrons. The van der Waals surface area contributed by atoms with Crippen LogP contribution in [0.3, 0.4) is 0 Å². The number of aliphatic carboxylic acids is 1. The molecule has 0 radical (unpaired) electrons. The minimum Gasteiger partial charge on any atom is -0.481 e. The molecule has 3 nitrogen and oxygen atoms in total. The second-order valence-electron chi connectivity index (χ2n) is 5.89. The van der Waals surface area contributed by atoms with Gasteiger partial charge < -0.3 is 10.0 Å². The van der Waals surface area contributed by atoms with Crippen LogP contribution in [0.15, 0.2) is 24.3 Å². The van der Waals surface area contributed by atoms with Crippen molar-refractivity contribution >= 4 is 11.7 Å². The quantitative estimate of drug-likeness (QED) is 0.903. The topological polar surface area (TPSA) is 40.5 Å². The summed E-state index contributed by atoms with van der Waals surface area (Å²) in [6.07, 6.45) is 3.26. The molecule has 0 aromatic heterocycles. The number of rotatable bonds is 4. The third-order valence-electron chi connectivity index (χ3n) is 4.26. The Bertz CT molecular complexity index is 431. The number of hydrogen-bond donors (Lipinski definition) is 1. The molecular formula is C16H23NO2. The predicted molar refractivity (Wildman–Crippen MR) is 77.6 cm³/mol. The maximum atomic E-state index is 10.9. The maximum absolute atomic E-state index is 10.9. The molecule has 0 bridgehead atoms. The lowest BCUT2D eigenvalue weighted by Gasteiger charge is -2.39. The van der Waals surface area contributed by atoms with Crippen molar-refractivity contribution in [2.75, 3.05) is 18.0 Å². The first-order chi connectivity index (χ1) is 9.02. The van der Waals surface area contributed by atoms with Gasteiger partial charge in [-0.25, -0.2) is 0 Å². The van der Waals surface area contributed by atoms with Crippen LogP contribution in [0, 0.1) is 5.41 Å². The molecule has 0 amide bonds. The number of benzene rings is 1. The number of carboxylic acids is 1. The predicted octanol–water partition coefficient (Wildman–Crippen LogP) is 3.33. The van der Waals surface area contributed by atoms with Gasteiger partial charge in [0.15, 0.2) is 0 Å². The average Bonchev–Trinajstić information content (AvgIpc) is 2.38. The number of nitrogens with zero attached hydrogens (tertiary/aromatic N) is 1. The fourth-order valence-corrected chi connectivity index (χ4v) is 2.79. The highest BCUT2D eigenvalue weighted by atomic mass is 16.4. The first-order valence-electron chi connectivity index (χ1n) is 7.08. The van der Waals surface area contributed by atoms with Gasteiger partial charge in [0.25, 0.3) is 0 Å². The molecule has 1 fully saturated rings. The number of piperidine rings is 1. The van der Waals surface area contributed by atoms with Crippen LogP contribution >= 0.6 is 0 Å². The van der Waals surface area contributed by atoms with Crippen molar-refractivity contribution in [2.24, 2.45) is 5.41 Å². The molecule has 0 saturated carbocycles. The van der Waals surface area contributed by atoms with Gasteiger partial charge in [-0.2, -0.15) is 0 Å². The molecule has 1 aliphatic heterocycles. The van der Waals surface area contributed by atoms with Crippen molar-refractivity contribution in [3.05, 3.63) is 29.8 Å². The first kappa shape index (κ1) is 13.9. The van der Waals surface area contributed by atoms with Crippen molar-refractivity contribution < 1.29 is 9.90 Å². The Hall–Kier alpha value is -1.51. The molecule has 1 aromatic carbocycles. The smallest absolute Gasteiger partial charge is 0.303 e. The van der Waals surface area contributed by atoms with Crippen molar-refractivity contribution in [3.8, 4) is 0 Å². The van der Waals surface area contributed by atoms with Crippen LogP contribution in [-0.2, 0) is 11.2 Å². The summed E-state index contributed by atoms with van der Waals surface area (Å²) in [5.41, 5.74) is 2.58. The van der Waals surface area contributed by atoms with Gasteiger partial charge in [-0.1, -0.05) is 26.0 Å². The second kappa shape index (κ2) is 5.64. The number of carbonyl (C=O) groups is 1. The molecular weight excluding hydrogens is 238 g/mol.